The van der Waals surface area contributed by atoms with Crippen molar-refractivity contribution >= 4 is 5.97 Å². The first-order valence-electron chi connectivity index (χ1n) is 9.20. The van der Waals surface area contributed by atoms with Crippen LogP contribution in [0.3, 0.4) is 0 Å². The van der Waals surface area contributed by atoms with Gasteiger partial charge in [0.25, 0.3) is 0 Å². The predicted molar refractivity (Wildman–Crippen MR) is 84.8 cm³/mol. The molecule has 1 N–H and O–H groups in total. The molecule has 0 aliphatic rings. The molecule has 0 unspecified atom stereocenters. The lowest BCUT2D eigenvalue weighted by Gasteiger charge is -2.43. The minimum absolute atomic E-state index is 0.833. The fourth-order valence-electron chi connectivity index (χ4n) is 1.87. The smallest absolute Gasteiger partial charge is 0.478 e. The molecule has 0 aliphatic carbocycles. The third kappa shape index (κ3) is 7.34. The van der Waals surface area contributed by atoms with Crippen molar-refractivity contribution in [3.8, 4) is 0 Å². The van der Waals surface area contributed by atoms with Crippen molar-refractivity contribution in [2.24, 2.45) is 0 Å². The van der Waals surface area contributed by atoms with Gasteiger partial charge in [0, 0.05) is 6.08 Å². The molecular formula is C16H4F26O3. The number of ether oxygens (including phenoxy) is 1. The third-order valence-corrected chi connectivity index (χ3v) is 4.19. The van der Waals surface area contributed by atoms with Gasteiger partial charge in [0.2, 0.25) is 11.6 Å². The summed E-state index contributed by atoms with van der Waals surface area (Å²) < 4.78 is 335. The van der Waals surface area contributed by atoms with Crippen LogP contribution in [0.25, 0.3) is 0 Å². The quantitative estimate of drug-likeness (QED) is 0.138. The minimum atomic E-state index is -9.47. The Bertz CT molecular complexity index is 1100. The zero-order valence-electron chi connectivity index (χ0n) is 19.4. The van der Waals surface area contributed by atoms with E-state index in [1.807, 2.05) is 0 Å². The van der Waals surface area contributed by atoms with E-state index in [0.29, 0.717) is 0 Å². The molecule has 0 aromatic rings. The second-order valence-electron chi connectivity index (χ2n) is 7.32. The van der Waals surface area contributed by atoms with Gasteiger partial charge >= 0.3 is 72.1 Å². The molecule has 0 aliphatic heterocycles. The van der Waals surface area contributed by atoms with Gasteiger partial charge in [-0.05, 0) is 0 Å². The standard InChI is InChI=1S/C13F26O.C3H4O2/c14-1(4(17,18)19)2(40-13(38,39)12(35,36)37)3(15,16)5(20,21)6(22,23)7(24,25)8(26,27)9(28,29)10(30,31)11(32,33)34;1-2-3(4)5/h;2H,1H2,(H,4,5). The molecule has 0 spiro atoms. The number of hydrogen-bond acceptors (Lipinski definition) is 2. The molecule has 0 aromatic heterocycles. The largest absolute Gasteiger partial charge is 0.499 e. The van der Waals surface area contributed by atoms with Crippen LogP contribution in [0.15, 0.2) is 24.2 Å². The van der Waals surface area contributed by atoms with E-state index >= 15 is 0 Å². The van der Waals surface area contributed by atoms with Crippen molar-refractivity contribution < 1.29 is 129 Å². The van der Waals surface area contributed by atoms with Crippen molar-refractivity contribution in [3.63, 3.8) is 0 Å². The fourth-order valence-corrected chi connectivity index (χ4v) is 1.87. The first-order valence-corrected chi connectivity index (χ1v) is 9.20. The Hall–Kier alpha value is -3.07. The van der Waals surface area contributed by atoms with E-state index in [1.165, 1.54) is 4.74 Å². The van der Waals surface area contributed by atoms with Gasteiger partial charge in [-0.1, -0.05) is 6.58 Å². The summed E-state index contributed by atoms with van der Waals surface area (Å²) in [6.07, 6.45) is -30.4. The zero-order valence-corrected chi connectivity index (χ0v) is 19.4. The van der Waals surface area contributed by atoms with Crippen LogP contribution in [0.4, 0.5) is 114 Å². The van der Waals surface area contributed by atoms with Crippen LogP contribution in [0, 0.1) is 0 Å². The van der Waals surface area contributed by atoms with Gasteiger partial charge < -0.3 is 9.84 Å². The molecule has 0 amide bonds. The molecule has 45 heavy (non-hydrogen) atoms. The summed E-state index contributed by atoms with van der Waals surface area (Å²) in [5.74, 6) is -76.4. The van der Waals surface area contributed by atoms with Gasteiger partial charge in [0.15, 0.2) is 0 Å². The second-order valence-corrected chi connectivity index (χ2v) is 7.32. The number of allylic oxidation sites excluding steroid dienone is 2. The summed E-state index contributed by atoms with van der Waals surface area (Å²) in [5, 5.41) is 7.60. The molecular weight excluding hydrogens is 734 g/mol. The molecule has 29 heteroatoms. The topological polar surface area (TPSA) is 46.5 Å². The number of carbonyl (C=O) groups is 1. The summed E-state index contributed by atoms with van der Waals surface area (Å²) in [5.41, 5.74) is 0. The first-order chi connectivity index (χ1) is 19.0. The predicted octanol–water partition coefficient (Wildman–Crippen LogP) is 9.17. The molecule has 0 rings (SSSR count). The van der Waals surface area contributed by atoms with Gasteiger partial charge in [-0.15, -0.1) is 0 Å². The van der Waals surface area contributed by atoms with Crippen LogP contribution in [0.5, 0.6) is 0 Å². The number of alkyl halides is 25. The third-order valence-electron chi connectivity index (χ3n) is 4.19. The van der Waals surface area contributed by atoms with E-state index < -0.39 is 83.7 Å². The highest BCUT2D eigenvalue weighted by atomic mass is 19.4. The Morgan fingerprint density at radius 3 is 1.00 bits per heavy atom. The first kappa shape index (κ1) is 44.1. The maximum absolute atomic E-state index is 13.8. The van der Waals surface area contributed by atoms with Crippen LogP contribution in [-0.4, -0.2) is 77.2 Å². The van der Waals surface area contributed by atoms with Crippen molar-refractivity contribution in [1.29, 1.82) is 0 Å². The van der Waals surface area contributed by atoms with E-state index in [0.717, 1.165) is 6.08 Å². The molecule has 0 fully saturated rings. The number of halogens is 26. The van der Waals surface area contributed by atoms with Gasteiger partial charge in [-0.25, -0.2) is 4.79 Å². The molecule has 0 saturated heterocycles. The van der Waals surface area contributed by atoms with Crippen LogP contribution in [0.1, 0.15) is 0 Å². The molecule has 0 radical (unpaired) electrons. The number of hydrogen-bond donors (Lipinski definition) is 1. The summed E-state index contributed by atoms with van der Waals surface area (Å²) in [6, 6.07) is 0. The highest BCUT2D eigenvalue weighted by Gasteiger charge is 2.96. The number of carboxylic acid groups (broad SMARTS) is 1. The van der Waals surface area contributed by atoms with Crippen molar-refractivity contribution in [2.75, 3.05) is 0 Å². The SMILES string of the molecule is C=CC(=O)O.FC(=C(OC(F)(F)C(F)(F)F)C(F)(F)C(F)(F)C(F)(F)C(F)(F)C(F)(F)C(F)(F)C(F)(F)C(F)(F)F)C(F)(F)F. The van der Waals surface area contributed by atoms with Crippen LogP contribution in [0.2, 0.25) is 0 Å². The molecule has 0 aromatic carbocycles. The Labute approximate surface area is 226 Å². The Kier molecular flexibility index (Phi) is 11.7. The van der Waals surface area contributed by atoms with Crippen molar-refractivity contribution in [1.82, 2.24) is 0 Å². The number of aliphatic carboxylic acids is 1. The van der Waals surface area contributed by atoms with E-state index in [4.69, 9.17) is 5.11 Å². The van der Waals surface area contributed by atoms with Gasteiger partial charge in [-0.2, -0.15) is 114 Å². The second kappa shape index (κ2) is 11.9. The highest BCUT2D eigenvalue weighted by molar-refractivity contribution is 5.78. The van der Waals surface area contributed by atoms with Gasteiger partial charge in [-0.3, -0.25) is 0 Å². The molecule has 0 saturated carbocycles. The van der Waals surface area contributed by atoms with Crippen molar-refractivity contribution in [3.05, 3.63) is 24.2 Å². The molecule has 268 valence electrons. The lowest BCUT2D eigenvalue weighted by atomic mass is 9.88. The minimum Gasteiger partial charge on any atom is -0.478 e. The maximum Gasteiger partial charge on any atom is 0.499 e. The van der Waals surface area contributed by atoms with E-state index in [2.05, 4.69) is 6.58 Å². The summed E-state index contributed by atoms with van der Waals surface area (Å²) in [7, 11) is 0. The van der Waals surface area contributed by atoms with Crippen LogP contribution >= 0.6 is 0 Å². The summed E-state index contributed by atoms with van der Waals surface area (Å²) >= 11 is 0. The fraction of sp³-hybridized carbons (Fsp3) is 0.688. The van der Waals surface area contributed by atoms with E-state index in [9.17, 15) is 119 Å². The number of carboxylic acids is 1. The van der Waals surface area contributed by atoms with Gasteiger partial charge in [0.1, 0.15) is 0 Å². The molecule has 3 nitrogen and oxygen atoms in total. The maximum atomic E-state index is 13.8. The zero-order chi connectivity index (χ0) is 37.6. The highest BCUT2D eigenvalue weighted by Crippen LogP contribution is 2.65. The molecule has 0 atom stereocenters. The normalized spacial score (nSPS) is 16.0. The average molecular weight is 738 g/mol. The van der Waals surface area contributed by atoms with Crippen LogP contribution in [-0.2, 0) is 9.53 Å². The van der Waals surface area contributed by atoms with E-state index in [1.54, 1.807) is 0 Å². The number of rotatable bonds is 10. The monoisotopic (exact) mass is 738 g/mol. The Morgan fingerprint density at radius 2 is 0.778 bits per heavy atom. The lowest BCUT2D eigenvalue weighted by Crippen LogP contribution is -2.74. The lowest BCUT2D eigenvalue weighted by molar-refractivity contribution is -0.462. The molecule has 0 heterocycles. The Morgan fingerprint density at radius 1 is 0.511 bits per heavy atom. The van der Waals surface area contributed by atoms with E-state index in [-0.39, 0.29) is 0 Å². The summed E-state index contributed by atoms with van der Waals surface area (Å²) in [6.45, 7) is 2.96. The van der Waals surface area contributed by atoms with Crippen LogP contribution < -0.4 is 0 Å². The molecule has 0 bridgehead atoms. The average Bonchev–Trinajstić information content (AvgIpc) is 2.79. The van der Waals surface area contributed by atoms with Crippen molar-refractivity contribution in [2.45, 2.75) is 66.1 Å². The van der Waals surface area contributed by atoms with Gasteiger partial charge in [0.05, 0.1) is 0 Å². The summed E-state index contributed by atoms with van der Waals surface area (Å²) in [4.78, 5) is 9.25. The Balaban J connectivity index is 0.